The van der Waals surface area contributed by atoms with Crippen molar-refractivity contribution in [3.8, 4) is 11.1 Å². The maximum Gasteiger partial charge on any atom is 0.0922 e. The second-order valence-corrected chi connectivity index (χ2v) is 6.70. The van der Waals surface area contributed by atoms with Crippen LogP contribution in [0.3, 0.4) is 0 Å². The van der Waals surface area contributed by atoms with Crippen LogP contribution in [0.1, 0.15) is 5.56 Å². The molecule has 0 bridgehead atoms. The SMILES string of the molecule is Cc1ccc(Sc2c(-c3ccccc3)cc3ccccn23)cc1. The number of nitrogens with zero attached hydrogens (tertiary/aromatic N) is 1. The lowest BCUT2D eigenvalue weighted by atomic mass is 10.1. The molecule has 0 aliphatic carbocycles. The number of benzene rings is 2. The number of aryl methyl sites for hydroxylation is 1. The van der Waals surface area contributed by atoms with Gasteiger partial charge in [0.15, 0.2) is 0 Å². The molecule has 0 spiro atoms. The van der Waals surface area contributed by atoms with E-state index in [2.05, 4.69) is 96.4 Å². The highest BCUT2D eigenvalue weighted by atomic mass is 32.2. The van der Waals surface area contributed by atoms with Crippen molar-refractivity contribution in [1.82, 2.24) is 4.40 Å². The third-order valence-electron chi connectivity index (χ3n) is 3.95. The smallest absolute Gasteiger partial charge is 0.0922 e. The molecule has 0 N–H and O–H groups in total. The van der Waals surface area contributed by atoms with Crippen molar-refractivity contribution in [2.45, 2.75) is 16.8 Å². The Morgan fingerprint density at radius 3 is 2.30 bits per heavy atom. The summed E-state index contributed by atoms with van der Waals surface area (Å²) in [4.78, 5) is 1.26. The molecule has 0 atom stereocenters. The average Bonchev–Trinajstić information content (AvgIpc) is 2.96. The Balaban J connectivity index is 1.87. The summed E-state index contributed by atoms with van der Waals surface area (Å²) in [6.07, 6.45) is 2.14. The molecule has 2 heteroatoms. The van der Waals surface area contributed by atoms with Crippen molar-refractivity contribution in [2.24, 2.45) is 0 Å². The predicted octanol–water partition coefficient (Wildman–Crippen LogP) is 6.07. The van der Waals surface area contributed by atoms with Crippen LogP contribution in [0.4, 0.5) is 0 Å². The van der Waals surface area contributed by atoms with Gasteiger partial charge in [0.2, 0.25) is 0 Å². The van der Waals surface area contributed by atoms with E-state index in [1.165, 1.54) is 32.1 Å². The van der Waals surface area contributed by atoms with E-state index in [1.807, 2.05) is 11.8 Å². The largest absolute Gasteiger partial charge is 0.311 e. The number of hydrogen-bond acceptors (Lipinski definition) is 1. The molecule has 2 aromatic heterocycles. The van der Waals surface area contributed by atoms with Crippen molar-refractivity contribution in [1.29, 1.82) is 0 Å². The molecule has 23 heavy (non-hydrogen) atoms. The fourth-order valence-electron chi connectivity index (χ4n) is 2.74. The molecule has 0 unspecified atom stereocenters. The molecule has 0 saturated heterocycles. The summed E-state index contributed by atoms with van der Waals surface area (Å²) in [5.74, 6) is 0. The molecule has 0 fully saturated rings. The monoisotopic (exact) mass is 315 g/mol. The first-order chi connectivity index (χ1) is 11.3. The van der Waals surface area contributed by atoms with Gasteiger partial charge < -0.3 is 4.40 Å². The zero-order valence-corrected chi connectivity index (χ0v) is 13.8. The van der Waals surface area contributed by atoms with Gasteiger partial charge >= 0.3 is 0 Å². The number of pyridine rings is 1. The van der Waals surface area contributed by atoms with Gasteiger partial charge in [-0.3, -0.25) is 0 Å². The van der Waals surface area contributed by atoms with E-state index in [9.17, 15) is 0 Å². The molecule has 0 aliphatic heterocycles. The molecule has 2 heterocycles. The highest BCUT2D eigenvalue weighted by Gasteiger charge is 2.13. The topological polar surface area (TPSA) is 4.41 Å². The summed E-state index contributed by atoms with van der Waals surface area (Å²) < 4.78 is 2.27. The van der Waals surface area contributed by atoms with Gasteiger partial charge in [-0.25, -0.2) is 0 Å². The van der Waals surface area contributed by atoms with Crippen LogP contribution in [0, 0.1) is 6.92 Å². The maximum atomic E-state index is 2.27. The van der Waals surface area contributed by atoms with E-state index >= 15 is 0 Å². The Bertz CT molecular complexity index is 937. The number of aromatic nitrogens is 1. The fourth-order valence-corrected chi connectivity index (χ4v) is 3.79. The molecule has 4 rings (SSSR count). The highest BCUT2D eigenvalue weighted by molar-refractivity contribution is 7.99. The molecule has 2 aromatic carbocycles. The van der Waals surface area contributed by atoms with Gasteiger partial charge in [-0.1, -0.05) is 65.9 Å². The van der Waals surface area contributed by atoms with Crippen LogP contribution in [0.2, 0.25) is 0 Å². The quantitative estimate of drug-likeness (QED) is 0.444. The predicted molar refractivity (Wildman–Crippen MR) is 98.1 cm³/mol. The maximum absolute atomic E-state index is 2.27. The van der Waals surface area contributed by atoms with Crippen LogP contribution in [-0.2, 0) is 0 Å². The molecular weight excluding hydrogens is 298 g/mol. The minimum absolute atomic E-state index is 1.22. The number of fused-ring (bicyclic) bond motifs is 1. The lowest BCUT2D eigenvalue weighted by Crippen LogP contribution is -1.86. The van der Waals surface area contributed by atoms with E-state index < -0.39 is 0 Å². The van der Waals surface area contributed by atoms with Crippen LogP contribution in [0.25, 0.3) is 16.6 Å². The Hall–Kier alpha value is -2.45. The van der Waals surface area contributed by atoms with Crippen LogP contribution < -0.4 is 0 Å². The van der Waals surface area contributed by atoms with Crippen molar-refractivity contribution in [2.75, 3.05) is 0 Å². The second kappa shape index (κ2) is 5.98. The zero-order chi connectivity index (χ0) is 15.6. The first-order valence-electron chi connectivity index (χ1n) is 7.71. The van der Waals surface area contributed by atoms with Gasteiger partial charge in [0.05, 0.1) is 5.03 Å². The van der Waals surface area contributed by atoms with E-state index in [0.717, 1.165) is 0 Å². The summed E-state index contributed by atoms with van der Waals surface area (Å²) in [5.41, 5.74) is 5.05. The van der Waals surface area contributed by atoms with Gasteiger partial charge in [-0.2, -0.15) is 0 Å². The summed E-state index contributed by atoms with van der Waals surface area (Å²) in [7, 11) is 0. The highest BCUT2D eigenvalue weighted by Crippen LogP contribution is 2.38. The summed E-state index contributed by atoms with van der Waals surface area (Å²) >= 11 is 1.82. The first kappa shape index (κ1) is 14.2. The van der Waals surface area contributed by atoms with Crippen molar-refractivity contribution >= 4 is 17.3 Å². The van der Waals surface area contributed by atoms with Gasteiger partial charge in [0, 0.05) is 22.2 Å². The van der Waals surface area contributed by atoms with Gasteiger partial charge in [-0.15, -0.1) is 0 Å². The minimum atomic E-state index is 1.22. The Morgan fingerprint density at radius 2 is 1.52 bits per heavy atom. The zero-order valence-electron chi connectivity index (χ0n) is 12.9. The van der Waals surface area contributed by atoms with E-state index in [4.69, 9.17) is 0 Å². The normalized spacial score (nSPS) is 11.0. The van der Waals surface area contributed by atoms with E-state index in [0.29, 0.717) is 0 Å². The lowest BCUT2D eigenvalue weighted by molar-refractivity contribution is 1.05. The van der Waals surface area contributed by atoms with Crippen LogP contribution in [0.5, 0.6) is 0 Å². The molecule has 0 saturated carbocycles. The van der Waals surface area contributed by atoms with Crippen molar-refractivity contribution in [3.63, 3.8) is 0 Å². The molecule has 1 nitrogen and oxygen atoms in total. The lowest BCUT2D eigenvalue weighted by Gasteiger charge is -2.07. The number of rotatable bonds is 3. The Morgan fingerprint density at radius 1 is 0.783 bits per heavy atom. The molecule has 0 amide bonds. The van der Waals surface area contributed by atoms with E-state index in [-0.39, 0.29) is 0 Å². The molecule has 4 aromatic rings. The third-order valence-corrected chi connectivity index (χ3v) is 5.07. The first-order valence-corrected chi connectivity index (χ1v) is 8.53. The van der Waals surface area contributed by atoms with Crippen molar-refractivity contribution in [3.05, 3.63) is 90.6 Å². The summed E-state index contributed by atoms with van der Waals surface area (Å²) in [6.45, 7) is 2.12. The van der Waals surface area contributed by atoms with Crippen molar-refractivity contribution < 1.29 is 0 Å². The molecule has 112 valence electrons. The Kier molecular flexibility index (Phi) is 3.68. The van der Waals surface area contributed by atoms with Gasteiger partial charge in [0.25, 0.3) is 0 Å². The van der Waals surface area contributed by atoms with Gasteiger partial charge in [-0.05, 0) is 42.8 Å². The third kappa shape index (κ3) is 2.78. The summed E-state index contributed by atoms with van der Waals surface area (Å²) in [6, 6.07) is 27.9. The second-order valence-electron chi connectivity index (χ2n) is 5.64. The summed E-state index contributed by atoms with van der Waals surface area (Å²) in [5, 5.41) is 1.26. The molecule has 0 radical (unpaired) electrons. The van der Waals surface area contributed by atoms with E-state index in [1.54, 1.807) is 0 Å². The van der Waals surface area contributed by atoms with Gasteiger partial charge in [0.1, 0.15) is 0 Å². The Labute approximate surface area is 140 Å². The van der Waals surface area contributed by atoms with Crippen LogP contribution in [0.15, 0.2) is 95.0 Å². The fraction of sp³-hybridized carbons (Fsp3) is 0.0476. The molecular formula is C21H17NS. The number of hydrogen-bond donors (Lipinski definition) is 0. The van der Waals surface area contributed by atoms with Crippen LogP contribution >= 0.6 is 11.8 Å². The molecule has 0 aliphatic rings. The minimum Gasteiger partial charge on any atom is -0.311 e. The standard InChI is InChI=1S/C21H17NS/c1-16-10-12-19(13-11-16)23-21-20(17-7-3-2-4-8-17)15-18-9-5-6-14-22(18)21/h2-15H,1H3. The van der Waals surface area contributed by atoms with Crippen LogP contribution in [-0.4, -0.2) is 4.40 Å². The average molecular weight is 315 g/mol.